The van der Waals surface area contributed by atoms with E-state index in [1.54, 1.807) is 0 Å². The Morgan fingerprint density at radius 2 is 1.00 bits per heavy atom. The molecule has 0 rings (SSSR count). The van der Waals surface area contributed by atoms with Gasteiger partial charge in [0.15, 0.2) is 0 Å². The molecule has 0 aromatic rings. The molecule has 0 aliphatic carbocycles. The molecule has 0 saturated carbocycles. The predicted octanol–water partition coefficient (Wildman–Crippen LogP) is 3.88. The van der Waals surface area contributed by atoms with Gasteiger partial charge in [0, 0.05) is 6.42 Å². The van der Waals surface area contributed by atoms with Crippen LogP contribution in [0.2, 0.25) is 0 Å². The van der Waals surface area contributed by atoms with Crippen molar-refractivity contribution in [3.05, 3.63) is 0 Å². The second-order valence-electron chi connectivity index (χ2n) is 6.86. The van der Waals surface area contributed by atoms with Crippen LogP contribution in [-0.4, -0.2) is 67.9 Å². The summed E-state index contributed by atoms with van der Waals surface area (Å²) >= 11 is 0. The van der Waals surface area contributed by atoms with E-state index >= 15 is 0 Å². The van der Waals surface area contributed by atoms with Gasteiger partial charge < -0.3 is 4.48 Å². The van der Waals surface area contributed by atoms with Crippen LogP contribution in [-0.2, 0) is 20.2 Å². The van der Waals surface area contributed by atoms with Crippen LogP contribution in [0.4, 0.5) is 13.2 Å². The minimum Gasteiger partial charge on any atom is -0.324 e. The Balaban J connectivity index is 0. The van der Waals surface area contributed by atoms with Crippen LogP contribution in [0, 0.1) is 0 Å². The van der Waals surface area contributed by atoms with Gasteiger partial charge in [-0.25, -0.2) is 0 Å². The highest BCUT2D eigenvalue weighted by Crippen LogP contribution is 2.20. The Morgan fingerprint density at radius 3 is 1.21 bits per heavy atom. The molecule has 0 amide bonds. The summed E-state index contributed by atoms with van der Waals surface area (Å²) in [4.78, 5) is 0. The van der Waals surface area contributed by atoms with E-state index in [2.05, 4.69) is 20.8 Å². The highest BCUT2D eigenvalue weighted by molar-refractivity contribution is 7.86. The van der Waals surface area contributed by atoms with E-state index in [-0.39, 0.29) is 5.75 Å². The van der Waals surface area contributed by atoms with E-state index in [9.17, 15) is 21.6 Å². The number of alkyl halides is 3. The molecule has 0 aromatic carbocycles. The molecule has 0 aliphatic rings. The summed E-state index contributed by atoms with van der Waals surface area (Å²) in [6, 6.07) is 0. The van der Waals surface area contributed by atoms with E-state index in [1.165, 1.54) is 38.5 Å². The molecule has 0 atom stereocenters. The van der Waals surface area contributed by atoms with Gasteiger partial charge in [0.25, 0.3) is 10.1 Å². The van der Waals surface area contributed by atoms with Crippen LogP contribution >= 0.6 is 0 Å². The van der Waals surface area contributed by atoms with Crippen molar-refractivity contribution in [1.29, 1.82) is 0 Å². The van der Waals surface area contributed by atoms with Crippen LogP contribution in [0.15, 0.2) is 0 Å². The molecule has 0 radical (unpaired) electrons. The zero-order valence-corrected chi connectivity index (χ0v) is 18.5. The van der Waals surface area contributed by atoms with Crippen molar-refractivity contribution in [3.63, 3.8) is 0 Å². The maximum Gasteiger partial charge on any atom is 0.522 e. The lowest BCUT2D eigenvalue weighted by Gasteiger charge is -2.39. The minimum atomic E-state index is -5.84. The first kappa shape index (κ1) is 29.8. The molecular weight excluding hydrogens is 423 g/mol. The molecule has 28 heavy (non-hydrogen) atoms. The molecule has 0 spiro atoms. The third kappa shape index (κ3) is 15.5. The van der Waals surface area contributed by atoms with E-state index in [0.29, 0.717) is 6.42 Å². The van der Waals surface area contributed by atoms with Crippen molar-refractivity contribution >= 4 is 20.2 Å². The van der Waals surface area contributed by atoms with E-state index in [1.807, 2.05) is 0 Å². The molecule has 0 bridgehead atoms. The summed E-state index contributed by atoms with van der Waals surface area (Å²) in [5.41, 5.74) is -5.53. The molecule has 2 N–H and O–H groups in total. The van der Waals surface area contributed by atoms with E-state index in [0.717, 1.165) is 30.7 Å². The van der Waals surface area contributed by atoms with Gasteiger partial charge in [-0.3, -0.25) is 9.11 Å². The van der Waals surface area contributed by atoms with Crippen LogP contribution < -0.4 is 0 Å². The standard InChI is InChI=1S/C15H33NO3S.CHF3O3S/c1-4-7-11-16(12-8-5-2,13-9-6-3)14-10-15-20(17,18)19;2-1(3,4)8(5,6)7/h4-15H2,1-3H3;(H,5,6,7)/p+1. The third-order valence-corrected chi connectivity index (χ3v) is 5.67. The summed E-state index contributed by atoms with van der Waals surface area (Å²) in [6.45, 7) is 10.9. The van der Waals surface area contributed by atoms with Crippen molar-refractivity contribution in [1.82, 2.24) is 0 Å². The Hall–Kier alpha value is -0.430. The SMILES string of the molecule is CCCC[N+](CCCC)(CCCC)CCCS(=O)(=O)O.O=S(=O)(O)C(F)(F)F. The van der Waals surface area contributed by atoms with Crippen LogP contribution in [0.5, 0.6) is 0 Å². The maximum absolute atomic E-state index is 10.9. The van der Waals surface area contributed by atoms with E-state index in [4.69, 9.17) is 17.5 Å². The number of hydrogen-bond acceptors (Lipinski definition) is 4. The van der Waals surface area contributed by atoms with Gasteiger partial charge in [0.2, 0.25) is 0 Å². The lowest BCUT2D eigenvalue weighted by Crippen LogP contribution is -2.51. The first-order chi connectivity index (χ1) is 12.6. The van der Waals surface area contributed by atoms with Gasteiger partial charge >= 0.3 is 15.6 Å². The first-order valence-electron chi connectivity index (χ1n) is 9.48. The summed E-state index contributed by atoms with van der Waals surface area (Å²) in [5.74, 6) is -0.0998. The number of quaternary nitrogens is 1. The van der Waals surface area contributed by atoms with Crippen LogP contribution in [0.3, 0.4) is 0 Å². The lowest BCUT2D eigenvalue weighted by molar-refractivity contribution is -0.928. The smallest absolute Gasteiger partial charge is 0.324 e. The molecular formula is C16H35F3NO6S2+. The molecule has 0 heterocycles. The fourth-order valence-electron chi connectivity index (χ4n) is 2.73. The summed E-state index contributed by atoms with van der Waals surface area (Å²) in [5, 5.41) is 0. The Bertz CT molecular complexity index is 585. The molecule has 7 nitrogen and oxygen atoms in total. The summed E-state index contributed by atoms with van der Waals surface area (Å²) < 4.78 is 89.3. The van der Waals surface area contributed by atoms with Crippen molar-refractivity contribution in [2.24, 2.45) is 0 Å². The van der Waals surface area contributed by atoms with Gasteiger partial charge in [-0.05, 0) is 19.3 Å². The van der Waals surface area contributed by atoms with Crippen LogP contribution in [0.25, 0.3) is 0 Å². The highest BCUT2D eigenvalue weighted by atomic mass is 32.2. The number of nitrogens with zero attached hydrogens (tertiary/aromatic N) is 1. The number of unbranched alkanes of at least 4 members (excludes halogenated alkanes) is 3. The van der Waals surface area contributed by atoms with Gasteiger partial charge in [0.1, 0.15) is 0 Å². The Morgan fingerprint density at radius 1 is 0.714 bits per heavy atom. The van der Waals surface area contributed by atoms with Gasteiger partial charge in [-0.1, -0.05) is 40.0 Å². The molecule has 172 valence electrons. The Kier molecular flexibility index (Phi) is 14.6. The van der Waals surface area contributed by atoms with E-state index < -0.39 is 25.7 Å². The second-order valence-corrected chi connectivity index (χ2v) is 9.84. The molecule has 0 saturated heterocycles. The fraction of sp³-hybridized carbons (Fsp3) is 1.00. The minimum absolute atomic E-state index is 0.0998. The number of rotatable bonds is 13. The average molecular weight is 459 g/mol. The molecule has 0 unspecified atom stereocenters. The molecule has 0 fully saturated rings. The molecule has 12 heteroatoms. The van der Waals surface area contributed by atoms with Crippen molar-refractivity contribution in [3.8, 4) is 0 Å². The van der Waals surface area contributed by atoms with Gasteiger partial charge in [0.05, 0.1) is 31.9 Å². The number of hydrogen-bond donors (Lipinski definition) is 2. The predicted molar refractivity (Wildman–Crippen MR) is 103 cm³/mol. The van der Waals surface area contributed by atoms with Crippen molar-refractivity contribution in [2.45, 2.75) is 71.2 Å². The average Bonchev–Trinajstić information content (AvgIpc) is 2.53. The second kappa shape index (κ2) is 13.7. The zero-order chi connectivity index (χ0) is 22.5. The van der Waals surface area contributed by atoms with Crippen molar-refractivity contribution in [2.75, 3.05) is 31.9 Å². The fourth-order valence-corrected chi connectivity index (χ4v) is 3.23. The van der Waals surface area contributed by atoms with Crippen molar-refractivity contribution < 1.29 is 43.6 Å². The van der Waals surface area contributed by atoms with Gasteiger partial charge in [-0.2, -0.15) is 30.0 Å². The van der Waals surface area contributed by atoms with Gasteiger partial charge in [-0.15, -0.1) is 0 Å². The largest absolute Gasteiger partial charge is 0.522 e. The zero-order valence-electron chi connectivity index (χ0n) is 16.9. The lowest BCUT2D eigenvalue weighted by atomic mass is 10.1. The maximum atomic E-state index is 10.9. The highest BCUT2D eigenvalue weighted by Gasteiger charge is 2.44. The normalized spacial score (nSPS) is 13.1. The third-order valence-electron chi connectivity index (χ3n) is 4.29. The molecule has 0 aliphatic heterocycles. The summed E-state index contributed by atoms with van der Waals surface area (Å²) in [6.07, 6.45) is 7.68. The first-order valence-corrected chi connectivity index (χ1v) is 12.5. The monoisotopic (exact) mass is 458 g/mol. The molecule has 0 aromatic heterocycles. The van der Waals surface area contributed by atoms with Crippen LogP contribution in [0.1, 0.15) is 65.7 Å². The number of halogens is 3. The summed E-state index contributed by atoms with van der Waals surface area (Å²) in [7, 11) is -9.66. The quantitative estimate of drug-likeness (QED) is 0.246. The topological polar surface area (TPSA) is 109 Å². The Labute approximate surface area is 167 Å².